The third-order valence-corrected chi connectivity index (χ3v) is 2.85. The molecular formula is C13H18ClNO2. The fraction of sp³-hybridized carbons (Fsp3) is 0.462. The molecule has 1 saturated heterocycles. The summed E-state index contributed by atoms with van der Waals surface area (Å²) in [6.45, 7) is 2.51. The topological polar surface area (TPSA) is 38.3 Å². The van der Waals surface area contributed by atoms with E-state index in [4.69, 9.17) is 4.74 Å². The molecule has 1 aromatic rings. The van der Waals surface area contributed by atoms with E-state index in [0.717, 1.165) is 6.54 Å². The standard InChI is InChI=1S/C13H17NO2.ClH/c1-10(15)16-12-7-5-11(6-8-12)13-4-2-3-9-14-13;/h5-8,13-14H,2-4,9H2,1H3;1H/t13-;/m1./s1. The summed E-state index contributed by atoms with van der Waals surface area (Å²) in [5, 5.41) is 3.49. The second kappa shape index (κ2) is 6.62. The summed E-state index contributed by atoms with van der Waals surface area (Å²) in [5.74, 6) is 0.343. The molecule has 1 aliphatic heterocycles. The molecule has 0 amide bonds. The summed E-state index contributed by atoms with van der Waals surface area (Å²) >= 11 is 0. The molecule has 94 valence electrons. The van der Waals surface area contributed by atoms with Gasteiger partial charge in [-0.25, -0.2) is 0 Å². The summed E-state index contributed by atoms with van der Waals surface area (Å²) in [6.07, 6.45) is 3.73. The molecule has 1 atom stereocenters. The highest BCUT2D eigenvalue weighted by molar-refractivity contribution is 5.85. The maximum absolute atomic E-state index is 10.8. The van der Waals surface area contributed by atoms with Gasteiger partial charge in [0.05, 0.1) is 0 Å². The van der Waals surface area contributed by atoms with Crippen LogP contribution in [0.1, 0.15) is 37.8 Å². The monoisotopic (exact) mass is 255 g/mol. The van der Waals surface area contributed by atoms with Gasteiger partial charge in [0.15, 0.2) is 0 Å². The molecule has 4 heteroatoms. The fourth-order valence-corrected chi connectivity index (χ4v) is 2.07. The highest BCUT2D eigenvalue weighted by Gasteiger charge is 2.14. The summed E-state index contributed by atoms with van der Waals surface area (Å²) in [6, 6.07) is 8.22. The molecule has 1 aliphatic rings. The number of hydrogen-bond donors (Lipinski definition) is 1. The number of carbonyl (C=O) groups is 1. The van der Waals surface area contributed by atoms with Crippen LogP contribution in [0, 0.1) is 0 Å². The van der Waals surface area contributed by atoms with Crippen LogP contribution >= 0.6 is 12.4 Å². The van der Waals surface area contributed by atoms with E-state index in [9.17, 15) is 4.79 Å². The molecule has 1 N–H and O–H groups in total. The van der Waals surface area contributed by atoms with Crippen molar-refractivity contribution in [1.29, 1.82) is 0 Å². The predicted molar refractivity (Wildman–Crippen MR) is 69.6 cm³/mol. The Morgan fingerprint density at radius 2 is 2.00 bits per heavy atom. The van der Waals surface area contributed by atoms with Crippen LogP contribution in [0.3, 0.4) is 0 Å². The van der Waals surface area contributed by atoms with Crippen molar-refractivity contribution in [3.63, 3.8) is 0 Å². The van der Waals surface area contributed by atoms with Crippen LogP contribution in [0.15, 0.2) is 24.3 Å². The van der Waals surface area contributed by atoms with Gasteiger partial charge in [0.25, 0.3) is 0 Å². The number of ether oxygens (including phenoxy) is 1. The Morgan fingerprint density at radius 1 is 1.29 bits per heavy atom. The van der Waals surface area contributed by atoms with Crippen molar-refractivity contribution in [3.05, 3.63) is 29.8 Å². The minimum absolute atomic E-state index is 0. The molecule has 0 saturated carbocycles. The Kier molecular flexibility index (Phi) is 5.45. The molecule has 3 nitrogen and oxygen atoms in total. The molecule has 0 spiro atoms. The van der Waals surface area contributed by atoms with Gasteiger partial charge in [-0.3, -0.25) is 4.79 Å². The van der Waals surface area contributed by atoms with Gasteiger partial charge in [-0.2, -0.15) is 0 Å². The fourth-order valence-electron chi connectivity index (χ4n) is 2.07. The number of nitrogens with one attached hydrogen (secondary N) is 1. The lowest BCUT2D eigenvalue weighted by atomic mass is 9.98. The van der Waals surface area contributed by atoms with Gasteiger partial charge < -0.3 is 10.1 Å². The second-order valence-electron chi connectivity index (χ2n) is 4.17. The summed E-state index contributed by atoms with van der Waals surface area (Å²) in [7, 11) is 0. The summed E-state index contributed by atoms with van der Waals surface area (Å²) in [4.78, 5) is 10.8. The van der Waals surface area contributed by atoms with Gasteiger partial charge >= 0.3 is 5.97 Å². The van der Waals surface area contributed by atoms with Crippen LogP contribution in [-0.2, 0) is 4.79 Å². The largest absolute Gasteiger partial charge is 0.427 e. The van der Waals surface area contributed by atoms with Gasteiger partial charge in [0.1, 0.15) is 5.75 Å². The van der Waals surface area contributed by atoms with Crippen LogP contribution in [0.4, 0.5) is 0 Å². The lowest BCUT2D eigenvalue weighted by molar-refractivity contribution is -0.131. The zero-order valence-corrected chi connectivity index (χ0v) is 10.8. The van der Waals surface area contributed by atoms with E-state index < -0.39 is 0 Å². The van der Waals surface area contributed by atoms with Crippen molar-refractivity contribution in [2.45, 2.75) is 32.2 Å². The molecule has 1 fully saturated rings. The van der Waals surface area contributed by atoms with Gasteiger partial charge in [-0.15, -0.1) is 12.4 Å². The average molecular weight is 256 g/mol. The Hall–Kier alpha value is -1.06. The first-order valence-electron chi connectivity index (χ1n) is 5.77. The summed E-state index contributed by atoms with van der Waals surface area (Å²) < 4.78 is 5.00. The molecule has 1 heterocycles. The van der Waals surface area contributed by atoms with E-state index in [1.165, 1.54) is 31.7 Å². The SMILES string of the molecule is CC(=O)Oc1ccc([C@H]2CCCCN2)cc1.Cl. The number of carbonyl (C=O) groups excluding carboxylic acids is 1. The first kappa shape index (κ1) is 14.0. The lowest BCUT2D eigenvalue weighted by Gasteiger charge is -2.23. The molecule has 0 radical (unpaired) electrons. The second-order valence-corrected chi connectivity index (χ2v) is 4.17. The maximum atomic E-state index is 10.8. The van der Waals surface area contributed by atoms with E-state index in [-0.39, 0.29) is 18.4 Å². The van der Waals surface area contributed by atoms with Crippen molar-refractivity contribution in [2.24, 2.45) is 0 Å². The van der Waals surface area contributed by atoms with Crippen molar-refractivity contribution >= 4 is 18.4 Å². The zero-order chi connectivity index (χ0) is 11.4. The quantitative estimate of drug-likeness (QED) is 0.652. The molecule has 17 heavy (non-hydrogen) atoms. The lowest BCUT2D eigenvalue weighted by Crippen LogP contribution is -2.26. The average Bonchev–Trinajstić information content (AvgIpc) is 2.30. The minimum Gasteiger partial charge on any atom is -0.427 e. The molecule has 0 aliphatic carbocycles. The normalized spacial score (nSPS) is 19.2. The highest BCUT2D eigenvalue weighted by Crippen LogP contribution is 2.24. The Morgan fingerprint density at radius 3 is 2.53 bits per heavy atom. The summed E-state index contributed by atoms with van der Waals surface area (Å²) in [5.41, 5.74) is 1.27. The minimum atomic E-state index is -0.274. The third-order valence-electron chi connectivity index (χ3n) is 2.85. The van der Waals surface area contributed by atoms with Crippen molar-refractivity contribution in [3.8, 4) is 5.75 Å². The molecular weight excluding hydrogens is 238 g/mol. The molecule has 0 aromatic heterocycles. The van der Waals surface area contributed by atoms with E-state index in [1.54, 1.807) is 0 Å². The zero-order valence-electron chi connectivity index (χ0n) is 9.94. The molecule has 1 aromatic carbocycles. The number of piperidine rings is 1. The first-order chi connectivity index (χ1) is 7.75. The highest BCUT2D eigenvalue weighted by atomic mass is 35.5. The Balaban J connectivity index is 0.00000144. The maximum Gasteiger partial charge on any atom is 0.308 e. The number of esters is 1. The smallest absolute Gasteiger partial charge is 0.308 e. The predicted octanol–water partition coefficient (Wildman–Crippen LogP) is 2.85. The first-order valence-corrected chi connectivity index (χ1v) is 5.77. The molecule has 2 rings (SSSR count). The third kappa shape index (κ3) is 4.02. The van der Waals surface area contributed by atoms with E-state index in [0.29, 0.717) is 11.8 Å². The van der Waals surface area contributed by atoms with E-state index in [2.05, 4.69) is 5.32 Å². The Labute approximate surface area is 108 Å². The number of benzene rings is 1. The van der Waals surface area contributed by atoms with Crippen LogP contribution in [-0.4, -0.2) is 12.5 Å². The van der Waals surface area contributed by atoms with Gasteiger partial charge in [-0.05, 0) is 37.1 Å². The molecule has 0 bridgehead atoms. The van der Waals surface area contributed by atoms with Crippen molar-refractivity contribution < 1.29 is 9.53 Å². The van der Waals surface area contributed by atoms with E-state index >= 15 is 0 Å². The van der Waals surface area contributed by atoms with Gasteiger partial charge in [-0.1, -0.05) is 18.6 Å². The van der Waals surface area contributed by atoms with Gasteiger partial charge in [0.2, 0.25) is 0 Å². The van der Waals surface area contributed by atoms with Crippen LogP contribution in [0.2, 0.25) is 0 Å². The van der Waals surface area contributed by atoms with Gasteiger partial charge in [0, 0.05) is 13.0 Å². The number of halogens is 1. The van der Waals surface area contributed by atoms with E-state index in [1.807, 2.05) is 24.3 Å². The Bertz CT molecular complexity index is 358. The van der Waals surface area contributed by atoms with Crippen molar-refractivity contribution in [2.75, 3.05) is 6.54 Å². The van der Waals surface area contributed by atoms with Crippen LogP contribution < -0.4 is 10.1 Å². The van der Waals surface area contributed by atoms with Crippen LogP contribution in [0.25, 0.3) is 0 Å². The number of hydrogen-bond acceptors (Lipinski definition) is 3. The van der Waals surface area contributed by atoms with Crippen molar-refractivity contribution in [1.82, 2.24) is 5.32 Å². The molecule has 0 unspecified atom stereocenters. The van der Waals surface area contributed by atoms with Crippen LogP contribution in [0.5, 0.6) is 5.75 Å². The number of rotatable bonds is 2.